The first-order valence-electron chi connectivity index (χ1n) is 5.36. The molecule has 0 unspecified atom stereocenters. The monoisotopic (exact) mass is 246 g/mol. The maximum atomic E-state index is 11.3. The van der Waals surface area contributed by atoms with E-state index in [0.29, 0.717) is 5.56 Å². The molecule has 1 heterocycles. The van der Waals surface area contributed by atoms with Gasteiger partial charge in [-0.3, -0.25) is 4.79 Å². The van der Waals surface area contributed by atoms with Crippen LogP contribution in [-0.4, -0.2) is 13.0 Å². The van der Waals surface area contributed by atoms with Crippen LogP contribution in [0.1, 0.15) is 15.9 Å². The van der Waals surface area contributed by atoms with Gasteiger partial charge in [0, 0.05) is 24.8 Å². The third-order valence-electron chi connectivity index (χ3n) is 2.45. The van der Waals surface area contributed by atoms with Crippen LogP contribution in [0.15, 0.2) is 41.1 Å². The molecule has 1 amide bonds. The zero-order valence-electron chi connectivity index (χ0n) is 9.57. The van der Waals surface area contributed by atoms with E-state index in [4.69, 9.17) is 0 Å². The summed E-state index contributed by atoms with van der Waals surface area (Å²) in [7, 11) is 1.63. The van der Waals surface area contributed by atoms with E-state index in [1.165, 1.54) is 5.56 Å². The lowest BCUT2D eigenvalue weighted by Gasteiger charge is -2.06. The van der Waals surface area contributed by atoms with E-state index in [-0.39, 0.29) is 5.91 Å². The smallest absolute Gasteiger partial charge is 0.251 e. The molecule has 0 spiro atoms. The summed E-state index contributed by atoms with van der Waals surface area (Å²) in [5.74, 6) is -0.0608. The van der Waals surface area contributed by atoms with Gasteiger partial charge in [0.1, 0.15) is 0 Å². The van der Waals surface area contributed by atoms with Gasteiger partial charge in [0.25, 0.3) is 5.91 Å². The van der Waals surface area contributed by atoms with Gasteiger partial charge >= 0.3 is 0 Å². The highest BCUT2D eigenvalue weighted by Crippen LogP contribution is 2.12. The lowest BCUT2D eigenvalue weighted by Crippen LogP contribution is -2.17. The van der Waals surface area contributed by atoms with Crippen LogP contribution in [0.5, 0.6) is 0 Å². The summed E-state index contributed by atoms with van der Waals surface area (Å²) in [6.07, 6.45) is 0. The number of thiophene rings is 1. The molecule has 0 aliphatic rings. The molecular weight excluding hydrogens is 232 g/mol. The quantitative estimate of drug-likeness (QED) is 0.871. The van der Waals surface area contributed by atoms with Crippen LogP contribution in [0.25, 0.3) is 0 Å². The molecule has 0 atom stereocenters. The number of benzene rings is 1. The van der Waals surface area contributed by atoms with Gasteiger partial charge in [-0.1, -0.05) is 0 Å². The molecular formula is C13H14N2OS. The predicted octanol–water partition coefficient (Wildman–Crippen LogP) is 2.72. The molecule has 4 heteroatoms. The highest BCUT2D eigenvalue weighted by atomic mass is 32.1. The Morgan fingerprint density at radius 2 is 2.00 bits per heavy atom. The Bertz CT molecular complexity index is 477. The van der Waals surface area contributed by atoms with Crippen molar-refractivity contribution in [3.05, 3.63) is 52.2 Å². The van der Waals surface area contributed by atoms with Crippen molar-refractivity contribution in [1.82, 2.24) is 5.32 Å². The molecule has 1 aromatic carbocycles. The average Bonchev–Trinajstić information content (AvgIpc) is 2.89. The molecule has 2 N–H and O–H groups in total. The lowest BCUT2D eigenvalue weighted by molar-refractivity contribution is 0.0963. The van der Waals surface area contributed by atoms with Crippen molar-refractivity contribution in [3.8, 4) is 0 Å². The van der Waals surface area contributed by atoms with Crippen LogP contribution in [-0.2, 0) is 6.54 Å². The molecule has 0 saturated heterocycles. The third-order valence-corrected chi connectivity index (χ3v) is 3.18. The Labute approximate surface area is 104 Å². The van der Waals surface area contributed by atoms with Crippen molar-refractivity contribution in [2.45, 2.75) is 6.54 Å². The Balaban J connectivity index is 1.96. The zero-order chi connectivity index (χ0) is 12.1. The molecule has 2 rings (SSSR count). The molecule has 0 fully saturated rings. The summed E-state index contributed by atoms with van der Waals surface area (Å²) in [5, 5.41) is 10.1. The van der Waals surface area contributed by atoms with E-state index in [1.807, 2.05) is 24.3 Å². The molecule has 17 heavy (non-hydrogen) atoms. The Hall–Kier alpha value is -1.81. The fraction of sp³-hybridized carbons (Fsp3) is 0.154. The highest BCUT2D eigenvalue weighted by molar-refractivity contribution is 7.07. The second-order valence-electron chi connectivity index (χ2n) is 3.64. The summed E-state index contributed by atoms with van der Waals surface area (Å²) < 4.78 is 0. The number of rotatable bonds is 4. The van der Waals surface area contributed by atoms with Gasteiger partial charge in [0.2, 0.25) is 0 Å². The first-order valence-corrected chi connectivity index (χ1v) is 6.31. The average molecular weight is 246 g/mol. The fourth-order valence-corrected chi connectivity index (χ4v) is 2.15. The Morgan fingerprint density at radius 1 is 1.24 bits per heavy atom. The van der Waals surface area contributed by atoms with Gasteiger partial charge in [-0.15, -0.1) is 0 Å². The van der Waals surface area contributed by atoms with Crippen molar-refractivity contribution in [2.24, 2.45) is 0 Å². The number of carbonyl (C=O) groups excluding carboxylic acids is 1. The summed E-state index contributed by atoms with van der Waals surface area (Å²) in [5.41, 5.74) is 2.96. The van der Waals surface area contributed by atoms with Gasteiger partial charge in [-0.25, -0.2) is 0 Å². The third kappa shape index (κ3) is 3.07. The number of nitrogens with one attached hydrogen (secondary N) is 2. The van der Waals surface area contributed by atoms with Gasteiger partial charge in [0.15, 0.2) is 0 Å². The minimum atomic E-state index is -0.0608. The Kier molecular flexibility index (Phi) is 3.77. The molecule has 3 nitrogen and oxygen atoms in total. The minimum Gasteiger partial charge on any atom is -0.381 e. The van der Waals surface area contributed by atoms with Crippen LogP contribution in [0.3, 0.4) is 0 Å². The lowest BCUT2D eigenvalue weighted by atomic mass is 10.2. The SMILES string of the molecule is CNC(=O)c1ccc(NCc2ccsc2)cc1. The molecule has 0 radical (unpaired) electrons. The van der Waals surface area contributed by atoms with Crippen LogP contribution in [0.4, 0.5) is 5.69 Å². The van der Waals surface area contributed by atoms with Crippen molar-refractivity contribution in [1.29, 1.82) is 0 Å². The van der Waals surface area contributed by atoms with Crippen molar-refractivity contribution < 1.29 is 4.79 Å². The summed E-state index contributed by atoms with van der Waals surface area (Å²) in [6.45, 7) is 0.808. The standard InChI is InChI=1S/C13H14N2OS/c1-14-13(16)11-2-4-12(5-3-11)15-8-10-6-7-17-9-10/h2-7,9,15H,8H2,1H3,(H,14,16). The first kappa shape index (κ1) is 11.7. The van der Waals surface area contributed by atoms with Gasteiger partial charge in [-0.05, 0) is 46.7 Å². The van der Waals surface area contributed by atoms with Gasteiger partial charge in [-0.2, -0.15) is 11.3 Å². The highest BCUT2D eigenvalue weighted by Gasteiger charge is 2.01. The second-order valence-corrected chi connectivity index (χ2v) is 4.42. The maximum absolute atomic E-state index is 11.3. The van der Waals surface area contributed by atoms with Crippen molar-refractivity contribution in [3.63, 3.8) is 0 Å². The molecule has 88 valence electrons. The van der Waals surface area contributed by atoms with E-state index >= 15 is 0 Å². The van der Waals surface area contributed by atoms with E-state index in [0.717, 1.165) is 12.2 Å². The number of amides is 1. The molecule has 2 aromatic rings. The van der Waals surface area contributed by atoms with Crippen molar-refractivity contribution >= 4 is 22.9 Å². The Morgan fingerprint density at radius 3 is 2.59 bits per heavy atom. The zero-order valence-corrected chi connectivity index (χ0v) is 10.4. The number of carbonyl (C=O) groups is 1. The minimum absolute atomic E-state index is 0.0608. The molecule has 0 aliphatic heterocycles. The predicted molar refractivity (Wildman–Crippen MR) is 71.5 cm³/mol. The first-order chi connectivity index (χ1) is 8.29. The summed E-state index contributed by atoms with van der Waals surface area (Å²) in [6, 6.07) is 9.55. The maximum Gasteiger partial charge on any atom is 0.251 e. The molecule has 1 aromatic heterocycles. The number of hydrogen-bond donors (Lipinski definition) is 2. The van der Waals surface area contributed by atoms with Crippen molar-refractivity contribution in [2.75, 3.05) is 12.4 Å². The van der Waals surface area contributed by atoms with Gasteiger partial charge < -0.3 is 10.6 Å². The van der Waals surface area contributed by atoms with E-state index in [2.05, 4.69) is 27.5 Å². The molecule has 0 aliphatic carbocycles. The van der Waals surface area contributed by atoms with E-state index in [1.54, 1.807) is 18.4 Å². The largest absolute Gasteiger partial charge is 0.381 e. The van der Waals surface area contributed by atoms with Gasteiger partial charge in [0.05, 0.1) is 0 Å². The fourth-order valence-electron chi connectivity index (χ4n) is 1.48. The summed E-state index contributed by atoms with van der Waals surface area (Å²) in [4.78, 5) is 11.3. The molecule has 0 bridgehead atoms. The second kappa shape index (κ2) is 5.50. The van der Waals surface area contributed by atoms with Crippen LogP contribution in [0, 0.1) is 0 Å². The normalized spacial score (nSPS) is 9.94. The van der Waals surface area contributed by atoms with E-state index < -0.39 is 0 Å². The number of hydrogen-bond acceptors (Lipinski definition) is 3. The summed E-state index contributed by atoms with van der Waals surface area (Å²) >= 11 is 1.69. The van der Waals surface area contributed by atoms with E-state index in [9.17, 15) is 4.79 Å². The van der Waals surface area contributed by atoms with Crippen LogP contribution >= 0.6 is 11.3 Å². The van der Waals surface area contributed by atoms with Crippen LogP contribution in [0.2, 0.25) is 0 Å². The van der Waals surface area contributed by atoms with Crippen LogP contribution < -0.4 is 10.6 Å². The topological polar surface area (TPSA) is 41.1 Å². The molecule has 0 saturated carbocycles. The number of anilines is 1.